The van der Waals surface area contributed by atoms with Crippen LogP contribution in [0, 0.1) is 0 Å². The predicted molar refractivity (Wildman–Crippen MR) is 128 cm³/mol. The summed E-state index contributed by atoms with van der Waals surface area (Å²) in [4.78, 5) is 24.1. The number of aromatic nitrogens is 5. The van der Waals surface area contributed by atoms with Gasteiger partial charge >= 0.3 is 0 Å². The molecule has 0 spiro atoms. The van der Waals surface area contributed by atoms with Crippen LogP contribution in [0.2, 0.25) is 0 Å². The molecule has 0 radical (unpaired) electrons. The molecular formula is C20H17N7O3S3. The average molecular weight is 500 g/mol. The van der Waals surface area contributed by atoms with Crippen LogP contribution in [-0.4, -0.2) is 45.2 Å². The second-order valence-electron chi connectivity index (χ2n) is 7.05. The fourth-order valence-corrected chi connectivity index (χ4v) is 5.67. The maximum Gasteiger partial charge on any atom is 0.263 e. The van der Waals surface area contributed by atoms with E-state index in [9.17, 15) is 13.2 Å². The molecule has 3 aromatic heterocycles. The summed E-state index contributed by atoms with van der Waals surface area (Å²) in [6.07, 6.45) is 7.53. The molecule has 1 aliphatic rings. The number of allylic oxidation sites excluding steroid dienone is 1. The number of H-pyrrole nitrogens is 1. The lowest BCUT2D eigenvalue weighted by Crippen LogP contribution is -2.15. The van der Waals surface area contributed by atoms with E-state index in [1.165, 1.54) is 53.6 Å². The summed E-state index contributed by atoms with van der Waals surface area (Å²) in [6, 6.07) is 5.89. The number of hydrogen-bond acceptors (Lipinski definition) is 9. The van der Waals surface area contributed by atoms with Gasteiger partial charge in [0.15, 0.2) is 10.8 Å². The van der Waals surface area contributed by atoms with Crippen LogP contribution in [0.3, 0.4) is 0 Å². The van der Waals surface area contributed by atoms with Crippen molar-refractivity contribution in [3.63, 3.8) is 0 Å². The summed E-state index contributed by atoms with van der Waals surface area (Å²) < 4.78 is 27.2. The minimum Gasteiger partial charge on any atom is -0.341 e. The molecule has 0 unspecified atom stereocenters. The predicted octanol–water partition coefficient (Wildman–Crippen LogP) is 3.30. The molecule has 0 bridgehead atoms. The van der Waals surface area contributed by atoms with Crippen molar-refractivity contribution in [1.29, 1.82) is 0 Å². The molecule has 13 heteroatoms. The Hall–Kier alpha value is -3.29. The van der Waals surface area contributed by atoms with E-state index in [4.69, 9.17) is 0 Å². The first-order chi connectivity index (χ1) is 16.0. The number of benzene rings is 1. The van der Waals surface area contributed by atoms with E-state index in [1.807, 2.05) is 6.08 Å². The smallest absolute Gasteiger partial charge is 0.263 e. The highest BCUT2D eigenvalue weighted by Gasteiger charge is 2.17. The van der Waals surface area contributed by atoms with Crippen molar-refractivity contribution in [2.45, 2.75) is 22.9 Å². The highest BCUT2D eigenvalue weighted by molar-refractivity contribution is 7.99. The Balaban J connectivity index is 1.19. The normalized spacial score (nSPS) is 13.1. The van der Waals surface area contributed by atoms with Gasteiger partial charge in [-0.1, -0.05) is 23.9 Å². The van der Waals surface area contributed by atoms with Gasteiger partial charge in [0.1, 0.15) is 5.52 Å². The SMILES string of the molecule is O=C(CSc1nnc2c3c([nH]c2n1)CCC=C3)Nc1ccc(S(=O)(=O)Nc2nccs2)cc1. The number of nitrogens with one attached hydrogen (secondary N) is 3. The molecule has 5 rings (SSSR count). The fraction of sp³-hybridized carbons (Fsp3) is 0.150. The van der Waals surface area contributed by atoms with Crippen molar-refractivity contribution in [1.82, 2.24) is 25.1 Å². The molecular weight excluding hydrogens is 482 g/mol. The fourth-order valence-electron chi connectivity index (χ4n) is 3.29. The summed E-state index contributed by atoms with van der Waals surface area (Å²) >= 11 is 2.36. The van der Waals surface area contributed by atoms with E-state index in [2.05, 4.69) is 41.3 Å². The van der Waals surface area contributed by atoms with Gasteiger partial charge in [0.25, 0.3) is 10.0 Å². The molecule has 1 aromatic carbocycles. The highest BCUT2D eigenvalue weighted by Crippen LogP contribution is 2.26. The summed E-state index contributed by atoms with van der Waals surface area (Å²) in [6.45, 7) is 0. The third-order valence-electron chi connectivity index (χ3n) is 4.80. The van der Waals surface area contributed by atoms with Crippen LogP contribution in [-0.2, 0) is 21.2 Å². The first-order valence-corrected chi connectivity index (χ1v) is 13.2. The average Bonchev–Trinajstić information content (AvgIpc) is 3.44. The number of thiazole rings is 1. The molecule has 3 N–H and O–H groups in total. The lowest BCUT2D eigenvalue weighted by Gasteiger charge is -2.08. The molecule has 10 nitrogen and oxygen atoms in total. The number of rotatable bonds is 7. The lowest BCUT2D eigenvalue weighted by atomic mass is 10.1. The summed E-state index contributed by atoms with van der Waals surface area (Å²) in [7, 11) is -3.74. The van der Waals surface area contributed by atoms with Crippen LogP contribution in [0.15, 0.2) is 52.0 Å². The van der Waals surface area contributed by atoms with Crippen molar-refractivity contribution >= 4 is 67.1 Å². The number of aryl methyl sites for hydroxylation is 1. The van der Waals surface area contributed by atoms with Crippen LogP contribution in [0.1, 0.15) is 17.7 Å². The second kappa shape index (κ2) is 8.92. The van der Waals surface area contributed by atoms with E-state index in [1.54, 1.807) is 5.38 Å². The molecule has 33 heavy (non-hydrogen) atoms. The Bertz CT molecular complexity index is 1450. The number of aromatic amines is 1. The van der Waals surface area contributed by atoms with E-state index < -0.39 is 10.0 Å². The summed E-state index contributed by atoms with van der Waals surface area (Å²) in [5, 5.41) is 13.5. The Labute approximate surface area is 197 Å². The van der Waals surface area contributed by atoms with Crippen LogP contribution >= 0.6 is 23.1 Å². The molecule has 0 saturated carbocycles. The number of carbonyl (C=O) groups excluding carboxylic acids is 1. The standard InChI is InChI=1S/C20H17N7O3S3/c28-16(11-32-20-24-18-17(25-26-20)14-3-1-2-4-15(14)23-18)22-12-5-7-13(8-6-12)33(29,30)27-19-21-9-10-31-19/h1,3,5-10H,2,4,11H2,(H,21,27)(H,22,28)(H,23,24,26). The third-order valence-corrected chi connectivity index (χ3v) is 7.81. The van der Waals surface area contributed by atoms with Gasteiger partial charge in [-0.05, 0) is 37.1 Å². The van der Waals surface area contributed by atoms with Gasteiger partial charge in [-0.3, -0.25) is 9.52 Å². The van der Waals surface area contributed by atoms with Gasteiger partial charge in [-0.15, -0.1) is 21.5 Å². The Kier molecular flexibility index (Phi) is 5.83. The number of hydrogen-bond donors (Lipinski definition) is 3. The van der Waals surface area contributed by atoms with E-state index >= 15 is 0 Å². The molecule has 1 amide bonds. The Morgan fingerprint density at radius 1 is 1.21 bits per heavy atom. The quantitative estimate of drug-likeness (QED) is 0.329. The zero-order valence-electron chi connectivity index (χ0n) is 17.0. The number of fused-ring (bicyclic) bond motifs is 3. The number of anilines is 2. The number of thioether (sulfide) groups is 1. The Morgan fingerprint density at radius 2 is 2.06 bits per heavy atom. The molecule has 4 aromatic rings. The molecule has 0 fully saturated rings. The monoisotopic (exact) mass is 499 g/mol. The molecule has 0 saturated heterocycles. The van der Waals surface area contributed by atoms with E-state index in [0.717, 1.165) is 29.6 Å². The first-order valence-electron chi connectivity index (χ1n) is 9.85. The number of amides is 1. The van der Waals surface area contributed by atoms with Gasteiger partial charge in [-0.25, -0.2) is 18.4 Å². The van der Waals surface area contributed by atoms with Gasteiger partial charge in [0.2, 0.25) is 11.1 Å². The van der Waals surface area contributed by atoms with Crippen LogP contribution in [0.5, 0.6) is 0 Å². The van der Waals surface area contributed by atoms with Gasteiger partial charge in [0.05, 0.1) is 10.6 Å². The third kappa shape index (κ3) is 4.74. The lowest BCUT2D eigenvalue weighted by molar-refractivity contribution is -0.113. The van der Waals surface area contributed by atoms with E-state index in [-0.39, 0.29) is 21.7 Å². The van der Waals surface area contributed by atoms with Crippen molar-refractivity contribution in [3.8, 4) is 0 Å². The molecule has 0 atom stereocenters. The zero-order valence-corrected chi connectivity index (χ0v) is 19.4. The number of nitrogens with zero attached hydrogens (tertiary/aromatic N) is 4. The number of carbonyl (C=O) groups is 1. The van der Waals surface area contributed by atoms with Crippen molar-refractivity contribution in [2.75, 3.05) is 15.8 Å². The molecule has 3 heterocycles. The summed E-state index contributed by atoms with van der Waals surface area (Å²) in [5.41, 5.74) is 3.99. The minimum absolute atomic E-state index is 0.0707. The van der Waals surface area contributed by atoms with Crippen LogP contribution in [0.4, 0.5) is 10.8 Å². The molecule has 168 valence electrons. The van der Waals surface area contributed by atoms with Gasteiger partial charge < -0.3 is 10.3 Å². The second-order valence-corrected chi connectivity index (χ2v) is 10.6. The number of sulfonamides is 1. The topological polar surface area (TPSA) is 143 Å². The van der Waals surface area contributed by atoms with Crippen molar-refractivity contribution in [2.24, 2.45) is 0 Å². The van der Waals surface area contributed by atoms with Gasteiger partial charge in [0, 0.05) is 28.5 Å². The van der Waals surface area contributed by atoms with Crippen LogP contribution < -0.4 is 10.0 Å². The molecule has 1 aliphatic carbocycles. The molecule has 0 aliphatic heterocycles. The minimum atomic E-state index is -3.74. The van der Waals surface area contributed by atoms with Crippen molar-refractivity contribution < 1.29 is 13.2 Å². The Morgan fingerprint density at radius 3 is 2.85 bits per heavy atom. The maximum atomic E-state index is 12.4. The maximum absolute atomic E-state index is 12.4. The van der Waals surface area contributed by atoms with Crippen LogP contribution in [0.25, 0.3) is 17.2 Å². The highest BCUT2D eigenvalue weighted by atomic mass is 32.2. The van der Waals surface area contributed by atoms with Crippen molar-refractivity contribution in [3.05, 3.63) is 53.2 Å². The van der Waals surface area contributed by atoms with E-state index in [0.29, 0.717) is 16.5 Å². The largest absolute Gasteiger partial charge is 0.341 e. The summed E-state index contributed by atoms with van der Waals surface area (Å²) in [5.74, 6) is -0.187. The van der Waals surface area contributed by atoms with Gasteiger partial charge in [-0.2, -0.15) is 0 Å². The zero-order chi connectivity index (χ0) is 22.8. The first kappa shape index (κ1) is 21.6.